The summed E-state index contributed by atoms with van der Waals surface area (Å²) in [5.41, 5.74) is 3.19. The summed E-state index contributed by atoms with van der Waals surface area (Å²) in [6.07, 6.45) is 21.6. The Morgan fingerprint density at radius 3 is 2.25 bits per heavy atom. The van der Waals surface area contributed by atoms with E-state index in [9.17, 15) is 25.1 Å². The Labute approximate surface area is 380 Å². The molecule has 0 aromatic heterocycles. The zero-order chi connectivity index (χ0) is 45.7. The van der Waals surface area contributed by atoms with Crippen LogP contribution in [-0.2, 0) is 20.9 Å². The lowest BCUT2D eigenvalue weighted by molar-refractivity contribution is -0.384. The van der Waals surface area contributed by atoms with Crippen LogP contribution in [0.5, 0.6) is 11.5 Å². The molecule has 1 fully saturated rings. The highest BCUT2D eigenvalue weighted by atomic mass is 16.7. The number of carbonyl (C=O) groups is 1. The van der Waals surface area contributed by atoms with Crippen molar-refractivity contribution in [1.82, 2.24) is 4.90 Å². The van der Waals surface area contributed by atoms with E-state index in [4.69, 9.17) is 28.9 Å². The molecule has 6 unspecified atom stereocenters. The minimum absolute atomic E-state index is 0.0149. The summed E-state index contributed by atoms with van der Waals surface area (Å²) >= 11 is 0. The Balaban J connectivity index is 1.54. The van der Waals surface area contributed by atoms with Crippen LogP contribution in [0.25, 0.3) is 0 Å². The third-order valence-electron chi connectivity index (χ3n) is 13.0. The van der Waals surface area contributed by atoms with Crippen molar-refractivity contribution in [3.63, 3.8) is 0 Å². The van der Waals surface area contributed by atoms with Crippen molar-refractivity contribution < 1.29 is 43.7 Å². The first kappa shape index (κ1) is 50.3. The minimum Gasteiger partial charge on any atom is -0.490 e. The number of aliphatic hydroxyl groups is 2. The van der Waals surface area contributed by atoms with E-state index < -0.39 is 28.8 Å². The number of nitro benzene ring substituents is 1. The highest BCUT2D eigenvalue weighted by molar-refractivity contribution is 6.02. The number of carbonyl (C=O) groups excluding carboxylic acids is 1. The summed E-state index contributed by atoms with van der Waals surface area (Å²) in [5.74, 6) is -0.692. The predicted molar refractivity (Wildman–Crippen MR) is 249 cm³/mol. The smallest absolute Gasteiger partial charge is 0.409 e. The molecule has 0 saturated heterocycles. The lowest BCUT2D eigenvalue weighted by Gasteiger charge is -2.59. The number of likely N-dealkylation sites (N-methyl/N-ethyl adjacent to an activating group) is 1. The zero-order valence-corrected chi connectivity index (χ0v) is 38.3. The normalized spacial score (nSPS) is 22.7. The first-order valence-corrected chi connectivity index (χ1v) is 23.8. The Morgan fingerprint density at radius 1 is 0.922 bits per heavy atom. The quantitative estimate of drug-likeness (QED) is 0.0334. The molecule has 2 N–H and O–H groups in total. The number of non-ortho nitro benzene ring substituents is 1. The van der Waals surface area contributed by atoms with Gasteiger partial charge in [-0.05, 0) is 85.4 Å². The number of ether oxygens (including phenoxy) is 4. The van der Waals surface area contributed by atoms with Crippen LogP contribution in [-0.4, -0.2) is 83.8 Å². The number of aliphatic hydroxyl groups excluding tert-OH is 2. The van der Waals surface area contributed by atoms with Gasteiger partial charge in [-0.25, -0.2) is 4.79 Å². The second kappa shape index (κ2) is 26.3. The number of fused-ring (bicyclic) bond motifs is 2. The Bertz CT molecular complexity index is 1850. The van der Waals surface area contributed by atoms with Crippen LogP contribution in [0.4, 0.5) is 10.5 Å². The predicted octanol–water partition coefficient (Wildman–Crippen LogP) is 11.0. The molecule has 0 bridgehead atoms. The van der Waals surface area contributed by atoms with E-state index in [0.717, 1.165) is 56.1 Å². The first-order valence-electron chi connectivity index (χ1n) is 23.8. The number of amides is 1. The number of hydrogen-bond acceptors (Lipinski definition) is 11. The first-order chi connectivity index (χ1) is 31.2. The number of oxime groups is 1. The molecular formula is C51H73N3O10. The average molecular weight is 888 g/mol. The van der Waals surface area contributed by atoms with E-state index in [1.165, 1.54) is 57.1 Å². The van der Waals surface area contributed by atoms with Crippen LogP contribution in [0.2, 0.25) is 0 Å². The van der Waals surface area contributed by atoms with E-state index in [0.29, 0.717) is 48.8 Å². The van der Waals surface area contributed by atoms with Gasteiger partial charge in [0, 0.05) is 50.3 Å². The van der Waals surface area contributed by atoms with E-state index in [1.807, 2.05) is 18.2 Å². The molecule has 1 heterocycles. The molecule has 13 nitrogen and oxygen atoms in total. The molecular weight excluding hydrogens is 815 g/mol. The van der Waals surface area contributed by atoms with Crippen molar-refractivity contribution in [3.8, 4) is 11.5 Å². The van der Waals surface area contributed by atoms with Crippen molar-refractivity contribution in [2.45, 2.75) is 140 Å². The van der Waals surface area contributed by atoms with Gasteiger partial charge in [-0.15, -0.1) is 6.58 Å². The monoisotopic (exact) mass is 888 g/mol. The summed E-state index contributed by atoms with van der Waals surface area (Å²) < 4.78 is 26.3. The third kappa shape index (κ3) is 13.2. The van der Waals surface area contributed by atoms with Gasteiger partial charge in [0.25, 0.3) is 5.69 Å². The van der Waals surface area contributed by atoms with Crippen LogP contribution in [0, 0.1) is 27.9 Å². The summed E-state index contributed by atoms with van der Waals surface area (Å²) in [6, 6.07) is 11.3. The van der Waals surface area contributed by atoms with Crippen molar-refractivity contribution in [2.75, 3.05) is 40.1 Å². The lowest BCUT2D eigenvalue weighted by atomic mass is 9.55. The zero-order valence-electron chi connectivity index (χ0n) is 38.3. The molecule has 2 aliphatic carbocycles. The maximum atomic E-state index is 14.2. The number of hydrogen-bond donors (Lipinski definition) is 2. The molecule has 352 valence electrons. The summed E-state index contributed by atoms with van der Waals surface area (Å²) in [5, 5.41) is 35.9. The van der Waals surface area contributed by atoms with E-state index in [-0.39, 0.29) is 56.3 Å². The maximum absolute atomic E-state index is 14.2. The molecule has 13 heteroatoms. The molecule has 64 heavy (non-hydrogen) atoms. The maximum Gasteiger partial charge on any atom is 0.409 e. The van der Waals surface area contributed by atoms with Gasteiger partial charge in [0.1, 0.15) is 30.8 Å². The molecule has 2 aromatic carbocycles. The van der Waals surface area contributed by atoms with Crippen molar-refractivity contribution >= 4 is 17.5 Å². The largest absolute Gasteiger partial charge is 0.490 e. The van der Waals surface area contributed by atoms with Crippen molar-refractivity contribution in [1.29, 1.82) is 0 Å². The second-order valence-corrected chi connectivity index (χ2v) is 17.5. The van der Waals surface area contributed by atoms with Gasteiger partial charge in [-0.2, -0.15) is 0 Å². The molecule has 3 aliphatic rings. The lowest BCUT2D eigenvalue weighted by Crippen LogP contribution is -2.69. The fourth-order valence-electron chi connectivity index (χ4n) is 9.85. The second-order valence-electron chi connectivity index (χ2n) is 17.5. The average Bonchev–Trinajstić information content (AvgIpc) is 3.30. The van der Waals surface area contributed by atoms with Gasteiger partial charge in [0.2, 0.25) is 5.79 Å². The molecule has 0 spiro atoms. The number of benzene rings is 2. The van der Waals surface area contributed by atoms with Crippen LogP contribution in [0.3, 0.4) is 0 Å². The van der Waals surface area contributed by atoms with Crippen LogP contribution >= 0.6 is 0 Å². The van der Waals surface area contributed by atoms with Gasteiger partial charge in [0.05, 0.1) is 29.8 Å². The number of nitrogens with zero attached hydrogens (tertiary/aromatic N) is 3. The van der Waals surface area contributed by atoms with E-state index >= 15 is 0 Å². The molecule has 1 aliphatic heterocycles. The molecule has 6 atom stereocenters. The topological polar surface area (TPSA) is 162 Å². The fourth-order valence-corrected chi connectivity index (χ4v) is 9.85. The van der Waals surface area contributed by atoms with Crippen LogP contribution in [0.15, 0.2) is 84.6 Å². The highest BCUT2D eigenvalue weighted by Crippen LogP contribution is 2.61. The SMILES string of the molecule is C=CCOc1ccc2c(c1)C1C(CCCCO)C(CCCCO)C=C3C(=NOCc4ccc([N+](=O)[O-])cc4)CC(N(C)C(=O)OCCCCCCCCCCCC)C(OCC=C)(O2)C31. The number of rotatable bonds is 30. The number of nitro groups is 1. The highest BCUT2D eigenvalue weighted by Gasteiger charge is 2.65. The Hall–Kier alpha value is -4.72. The fraction of sp³-hybridized carbons (Fsp3) is 0.608. The van der Waals surface area contributed by atoms with Gasteiger partial charge in [0.15, 0.2) is 0 Å². The Morgan fingerprint density at radius 2 is 1.59 bits per heavy atom. The van der Waals surface area contributed by atoms with Gasteiger partial charge < -0.3 is 38.9 Å². The van der Waals surface area contributed by atoms with Crippen molar-refractivity contribution in [2.24, 2.45) is 22.9 Å². The van der Waals surface area contributed by atoms with Gasteiger partial charge >= 0.3 is 6.09 Å². The molecule has 1 saturated carbocycles. The Kier molecular flexibility index (Phi) is 20.7. The van der Waals surface area contributed by atoms with E-state index in [2.05, 4.69) is 26.2 Å². The molecule has 0 radical (unpaired) electrons. The van der Waals surface area contributed by atoms with E-state index in [1.54, 1.807) is 36.2 Å². The van der Waals surface area contributed by atoms with Crippen LogP contribution in [0.1, 0.15) is 133 Å². The standard InChI is InChI=1S/C51H73N3O10/c1-5-8-9-10-11-12-13-14-15-20-33-61-50(57)53(4)47-36-45(52-63-37-38-23-25-40(26-24-38)54(58)59)43-34-39(21-16-18-29-55)42(22-17-19-30-56)48-44-35-41(60-31-6-2)27-28-46(44)64-51(47,49(43)48)62-32-7-3/h6-7,23-28,34-35,39,42,47-49,55-56H,2-3,5,8-22,29-33,36-37H2,1,4H3. The molecule has 2 aromatic rings. The van der Waals surface area contributed by atoms with Crippen LogP contribution < -0.4 is 9.47 Å². The molecule has 5 rings (SSSR count). The third-order valence-corrected chi connectivity index (χ3v) is 13.0. The number of allylic oxidation sites excluding steroid dienone is 1. The summed E-state index contributed by atoms with van der Waals surface area (Å²) in [6.45, 7) is 11.1. The van der Waals surface area contributed by atoms with Crippen molar-refractivity contribution in [3.05, 3.63) is 101 Å². The molecule has 1 amide bonds. The summed E-state index contributed by atoms with van der Waals surface area (Å²) in [7, 11) is 1.73. The number of unbranched alkanes of at least 4 members (excludes halogenated alkanes) is 11. The summed E-state index contributed by atoms with van der Waals surface area (Å²) in [4.78, 5) is 32.8. The van der Waals surface area contributed by atoms with Gasteiger partial charge in [-0.3, -0.25) is 10.1 Å². The minimum atomic E-state index is -1.41. The van der Waals surface area contributed by atoms with Gasteiger partial charge in [-0.1, -0.05) is 108 Å².